The van der Waals surface area contributed by atoms with Crippen molar-refractivity contribution >= 4 is 21.6 Å². The van der Waals surface area contributed by atoms with Crippen LogP contribution in [0, 0.1) is 24.1 Å². The Labute approximate surface area is 186 Å². The van der Waals surface area contributed by atoms with E-state index in [4.69, 9.17) is 5.26 Å². The molecule has 0 saturated heterocycles. The van der Waals surface area contributed by atoms with E-state index in [2.05, 4.69) is 9.71 Å². The van der Waals surface area contributed by atoms with Crippen LogP contribution < -0.4 is 4.72 Å². The monoisotopic (exact) mass is 452 g/mol. The van der Waals surface area contributed by atoms with Crippen molar-refractivity contribution in [3.63, 3.8) is 0 Å². The summed E-state index contributed by atoms with van der Waals surface area (Å²) in [5.41, 5.74) is 1.56. The Hall–Kier alpha value is -3.77. The van der Waals surface area contributed by atoms with Gasteiger partial charge in [0.2, 0.25) is 0 Å². The highest BCUT2D eigenvalue weighted by atomic mass is 32.2. The van der Waals surface area contributed by atoms with Gasteiger partial charge in [0, 0.05) is 36.7 Å². The van der Waals surface area contributed by atoms with Crippen LogP contribution in [0.3, 0.4) is 0 Å². The highest BCUT2D eigenvalue weighted by Crippen LogP contribution is 2.20. The van der Waals surface area contributed by atoms with E-state index in [0.29, 0.717) is 5.56 Å². The molecule has 32 heavy (non-hydrogen) atoms. The third-order valence-corrected chi connectivity index (χ3v) is 6.07. The van der Waals surface area contributed by atoms with Gasteiger partial charge >= 0.3 is 0 Å². The van der Waals surface area contributed by atoms with Gasteiger partial charge in [0.05, 0.1) is 17.4 Å². The number of nitrogens with one attached hydrogen (secondary N) is 1. The topological polar surface area (TPSA) is 103 Å². The number of nitrogens with zero attached hydrogens (tertiary/aromatic N) is 3. The summed E-state index contributed by atoms with van der Waals surface area (Å²) >= 11 is 0. The van der Waals surface area contributed by atoms with E-state index in [9.17, 15) is 17.6 Å². The van der Waals surface area contributed by atoms with Crippen LogP contribution in [0.15, 0.2) is 71.9 Å². The number of pyridine rings is 1. The molecule has 3 aromatic rings. The van der Waals surface area contributed by atoms with E-state index in [-0.39, 0.29) is 41.6 Å². The summed E-state index contributed by atoms with van der Waals surface area (Å²) in [5, 5.41) is 8.95. The predicted octanol–water partition coefficient (Wildman–Crippen LogP) is 3.89. The Morgan fingerprint density at radius 1 is 1.19 bits per heavy atom. The van der Waals surface area contributed by atoms with Gasteiger partial charge in [0.15, 0.2) is 0 Å². The largest absolute Gasteiger partial charge is 0.333 e. The van der Waals surface area contributed by atoms with Crippen LogP contribution in [0.4, 0.5) is 10.1 Å². The summed E-state index contributed by atoms with van der Waals surface area (Å²) in [6.45, 7) is 2.01. The van der Waals surface area contributed by atoms with E-state index >= 15 is 0 Å². The lowest BCUT2D eigenvalue weighted by molar-refractivity contribution is 0.0746. The number of aromatic nitrogens is 1. The molecule has 9 heteroatoms. The van der Waals surface area contributed by atoms with Gasteiger partial charge in [-0.3, -0.25) is 14.5 Å². The lowest BCUT2D eigenvalue weighted by Crippen LogP contribution is -2.31. The number of carbonyl (C=O) groups excluding carboxylic acids is 1. The predicted molar refractivity (Wildman–Crippen MR) is 118 cm³/mol. The van der Waals surface area contributed by atoms with E-state index < -0.39 is 15.8 Å². The molecule has 3 rings (SSSR count). The third-order valence-electron chi connectivity index (χ3n) is 4.69. The Balaban J connectivity index is 1.83. The standard InChI is InChI=1S/C23H21FN4O3S/c1-17-8-9-21(14-22(17)24)32(30,31)27-20-7-2-6-19(13-20)23(29)28(12-4-10-25)16-18-5-3-11-26-15-18/h2-3,5-9,11,13-15,27H,4,12,16H2,1H3. The number of anilines is 1. The summed E-state index contributed by atoms with van der Waals surface area (Å²) in [6.07, 6.45) is 3.41. The van der Waals surface area contributed by atoms with E-state index in [0.717, 1.165) is 11.6 Å². The van der Waals surface area contributed by atoms with Crippen molar-refractivity contribution in [2.24, 2.45) is 0 Å². The molecule has 0 aliphatic carbocycles. The number of hydrogen-bond acceptors (Lipinski definition) is 5. The molecular weight excluding hydrogens is 431 g/mol. The van der Waals surface area contributed by atoms with Gasteiger partial charge in [-0.25, -0.2) is 12.8 Å². The Morgan fingerprint density at radius 2 is 2.00 bits per heavy atom. The molecule has 0 bridgehead atoms. The minimum Gasteiger partial charge on any atom is -0.333 e. The van der Waals surface area contributed by atoms with Gasteiger partial charge in [-0.15, -0.1) is 0 Å². The fourth-order valence-electron chi connectivity index (χ4n) is 3.00. The molecule has 7 nitrogen and oxygen atoms in total. The number of amides is 1. The first-order chi connectivity index (χ1) is 15.3. The summed E-state index contributed by atoms with van der Waals surface area (Å²) in [6, 6.07) is 15.3. The van der Waals surface area contributed by atoms with E-state index in [1.807, 2.05) is 12.1 Å². The van der Waals surface area contributed by atoms with Gasteiger partial charge in [-0.05, 0) is 54.4 Å². The number of halogens is 1. The molecule has 0 unspecified atom stereocenters. The van der Waals surface area contributed by atoms with Gasteiger partial charge in [-0.2, -0.15) is 5.26 Å². The van der Waals surface area contributed by atoms with E-state index in [1.54, 1.807) is 30.6 Å². The number of sulfonamides is 1. The van der Waals surface area contributed by atoms with Crippen molar-refractivity contribution in [3.8, 4) is 6.07 Å². The van der Waals surface area contributed by atoms with Crippen LogP contribution >= 0.6 is 0 Å². The molecule has 1 heterocycles. The second kappa shape index (κ2) is 10.0. The highest BCUT2D eigenvalue weighted by molar-refractivity contribution is 7.92. The zero-order chi connectivity index (χ0) is 23.1. The van der Waals surface area contributed by atoms with Gasteiger partial charge < -0.3 is 4.90 Å². The van der Waals surface area contributed by atoms with Crippen LogP contribution in [0.1, 0.15) is 27.9 Å². The molecule has 0 saturated carbocycles. The zero-order valence-electron chi connectivity index (χ0n) is 17.3. The maximum Gasteiger partial charge on any atom is 0.261 e. The first-order valence-electron chi connectivity index (χ1n) is 9.74. The summed E-state index contributed by atoms with van der Waals surface area (Å²) in [5.74, 6) is -0.980. The number of aryl methyl sites for hydroxylation is 1. The van der Waals surface area contributed by atoms with Gasteiger partial charge in [0.25, 0.3) is 15.9 Å². The Morgan fingerprint density at radius 3 is 2.69 bits per heavy atom. The van der Waals surface area contributed by atoms with Crippen LogP contribution in [0.5, 0.6) is 0 Å². The molecule has 0 aliphatic rings. The minimum absolute atomic E-state index is 0.150. The second-order valence-corrected chi connectivity index (χ2v) is 8.78. The second-order valence-electron chi connectivity index (χ2n) is 7.09. The first-order valence-corrected chi connectivity index (χ1v) is 11.2. The van der Waals surface area contributed by atoms with Crippen molar-refractivity contribution in [3.05, 3.63) is 89.5 Å². The lowest BCUT2D eigenvalue weighted by Gasteiger charge is -2.22. The first kappa shape index (κ1) is 22.9. The number of hydrogen-bond donors (Lipinski definition) is 1. The average Bonchev–Trinajstić information content (AvgIpc) is 2.78. The fraction of sp³-hybridized carbons (Fsp3) is 0.174. The zero-order valence-corrected chi connectivity index (χ0v) is 18.1. The number of nitriles is 1. The molecule has 0 aliphatic heterocycles. The average molecular weight is 453 g/mol. The number of carbonyl (C=O) groups is 1. The molecule has 0 fully saturated rings. The maximum absolute atomic E-state index is 13.8. The van der Waals surface area contributed by atoms with Crippen LogP contribution in [-0.4, -0.2) is 30.8 Å². The minimum atomic E-state index is -4.04. The third kappa shape index (κ3) is 5.68. The SMILES string of the molecule is Cc1ccc(S(=O)(=O)Nc2cccc(C(=O)N(CCC#N)Cc3cccnc3)c2)cc1F. The quantitative estimate of drug-likeness (QED) is 0.559. The fourth-order valence-corrected chi connectivity index (χ4v) is 4.06. The molecule has 2 aromatic carbocycles. The summed E-state index contributed by atoms with van der Waals surface area (Å²) in [4.78, 5) is 18.4. The Bertz CT molecular complexity index is 1260. The number of benzene rings is 2. The molecular formula is C23H21FN4O3S. The van der Waals surface area contributed by atoms with Crippen LogP contribution in [0.25, 0.3) is 0 Å². The lowest BCUT2D eigenvalue weighted by atomic mass is 10.1. The van der Waals surface area contributed by atoms with Crippen molar-refractivity contribution < 1.29 is 17.6 Å². The van der Waals surface area contributed by atoms with Crippen molar-refractivity contribution in [2.75, 3.05) is 11.3 Å². The van der Waals surface area contributed by atoms with Crippen LogP contribution in [0.2, 0.25) is 0 Å². The highest BCUT2D eigenvalue weighted by Gasteiger charge is 2.19. The van der Waals surface area contributed by atoms with Crippen molar-refractivity contribution in [1.82, 2.24) is 9.88 Å². The summed E-state index contributed by atoms with van der Waals surface area (Å²) < 4.78 is 41.5. The summed E-state index contributed by atoms with van der Waals surface area (Å²) in [7, 11) is -4.04. The van der Waals surface area contributed by atoms with Gasteiger partial charge in [0.1, 0.15) is 5.82 Å². The molecule has 0 atom stereocenters. The molecule has 1 N–H and O–H groups in total. The maximum atomic E-state index is 13.8. The molecule has 1 amide bonds. The van der Waals surface area contributed by atoms with Crippen molar-refractivity contribution in [2.45, 2.75) is 24.8 Å². The molecule has 0 radical (unpaired) electrons. The Kier molecular flexibility index (Phi) is 7.18. The molecule has 164 valence electrons. The normalized spacial score (nSPS) is 10.9. The molecule has 0 spiro atoms. The van der Waals surface area contributed by atoms with E-state index in [1.165, 1.54) is 36.1 Å². The molecule has 1 aromatic heterocycles. The van der Waals surface area contributed by atoms with Crippen LogP contribution in [-0.2, 0) is 16.6 Å². The van der Waals surface area contributed by atoms with Gasteiger partial charge in [-0.1, -0.05) is 18.2 Å². The van der Waals surface area contributed by atoms with Crippen molar-refractivity contribution in [1.29, 1.82) is 5.26 Å². The smallest absolute Gasteiger partial charge is 0.261 e. The number of rotatable bonds is 8.